The van der Waals surface area contributed by atoms with Crippen LogP contribution in [-0.4, -0.2) is 37.6 Å². The second kappa shape index (κ2) is 7.73. The number of nitrogens with zero attached hydrogens (tertiary/aromatic N) is 4. The minimum atomic E-state index is -0.315. The largest absolute Gasteiger partial charge is 0.333 e. The molecule has 1 aromatic carbocycles. The van der Waals surface area contributed by atoms with Crippen molar-refractivity contribution < 1.29 is 9.18 Å². The third kappa shape index (κ3) is 3.54. The van der Waals surface area contributed by atoms with E-state index in [4.69, 9.17) is 0 Å². The Morgan fingerprint density at radius 3 is 2.81 bits per heavy atom. The summed E-state index contributed by atoms with van der Waals surface area (Å²) in [6.07, 6.45) is 3.62. The summed E-state index contributed by atoms with van der Waals surface area (Å²) < 4.78 is 15.7. The van der Waals surface area contributed by atoms with E-state index >= 15 is 0 Å². The molecule has 0 spiro atoms. The maximum atomic E-state index is 13.4. The zero-order valence-electron chi connectivity index (χ0n) is 16.9. The van der Waals surface area contributed by atoms with Gasteiger partial charge in [-0.2, -0.15) is 5.10 Å². The van der Waals surface area contributed by atoms with Gasteiger partial charge in [-0.1, -0.05) is 0 Å². The molecule has 31 heavy (non-hydrogen) atoms. The monoisotopic (exact) mass is 437 g/mol. The molecule has 1 aliphatic rings. The molecule has 0 atom stereocenters. The number of hydrogen-bond acceptors (Lipinski definition) is 5. The second-order valence-corrected chi connectivity index (χ2v) is 8.59. The molecule has 0 bridgehead atoms. The summed E-state index contributed by atoms with van der Waals surface area (Å²) in [6.45, 7) is 0.165. The lowest BCUT2D eigenvalue weighted by atomic mass is 9.95. The van der Waals surface area contributed by atoms with E-state index in [0.717, 1.165) is 42.6 Å². The Morgan fingerprint density at radius 1 is 1.23 bits per heavy atom. The van der Waals surface area contributed by atoms with Crippen LogP contribution in [0.3, 0.4) is 0 Å². The summed E-state index contributed by atoms with van der Waals surface area (Å²) in [7, 11) is 1.67. The number of benzene rings is 1. The Morgan fingerprint density at radius 2 is 2.00 bits per heavy atom. The first-order chi connectivity index (χ1) is 15.0. The van der Waals surface area contributed by atoms with Crippen LogP contribution in [0.15, 0.2) is 40.5 Å². The molecule has 1 amide bonds. The van der Waals surface area contributed by atoms with Crippen molar-refractivity contribution in [1.29, 1.82) is 0 Å². The van der Waals surface area contributed by atoms with Gasteiger partial charge in [0.05, 0.1) is 17.7 Å². The predicted molar refractivity (Wildman–Crippen MR) is 116 cm³/mol. The standard InChI is InChI=1S/C22H20FN5O2S/c1-27(12-18-24-16-10-11-31-20(16)21(29)25-18)22(30)19-15-4-2-3-5-17(15)28(26-19)14-8-6-13(23)7-9-14/h6-11H,2-5,12H2,1H3,(H,24,25,29). The van der Waals surface area contributed by atoms with Gasteiger partial charge in [-0.05, 0) is 61.4 Å². The molecule has 0 radical (unpaired) electrons. The maximum absolute atomic E-state index is 13.4. The maximum Gasteiger partial charge on any atom is 0.274 e. The summed E-state index contributed by atoms with van der Waals surface area (Å²) in [4.78, 5) is 34.3. The van der Waals surface area contributed by atoms with Crippen LogP contribution in [0.5, 0.6) is 0 Å². The highest BCUT2D eigenvalue weighted by molar-refractivity contribution is 7.17. The highest BCUT2D eigenvalue weighted by atomic mass is 32.1. The van der Waals surface area contributed by atoms with E-state index in [-0.39, 0.29) is 23.8 Å². The minimum Gasteiger partial charge on any atom is -0.333 e. The van der Waals surface area contributed by atoms with Crippen molar-refractivity contribution in [3.05, 3.63) is 74.7 Å². The van der Waals surface area contributed by atoms with E-state index in [1.807, 2.05) is 5.38 Å². The minimum absolute atomic E-state index is 0.165. The van der Waals surface area contributed by atoms with E-state index in [2.05, 4.69) is 15.1 Å². The smallest absolute Gasteiger partial charge is 0.274 e. The highest BCUT2D eigenvalue weighted by Gasteiger charge is 2.27. The van der Waals surface area contributed by atoms with Crippen molar-refractivity contribution in [3.63, 3.8) is 0 Å². The zero-order valence-corrected chi connectivity index (χ0v) is 17.7. The average molecular weight is 438 g/mol. The quantitative estimate of drug-likeness (QED) is 0.530. The van der Waals surface area contributed by atoms with Crippen LogP contribution in [0.4, 0.5) is 4.39 Å². The Kier molecular flexibility index (Phi) is 4.90. The van der Waals surface area contributed by atoms with Crippen LogP contribution >= 0.6 is 11.3 Å². The molecule has 158 valence electrons. The Balaban J connectivity index is 1.48. The predicted octanol–water partition coefficient (Wildman–Crippen LogP) is 3.46. The third-order valence-electron chi connectivity index (χ3n) is 5.55. The van der Waals surface area contributed by atoms with Crippen LogP contribution in [0.1, 0.15) is 40.4 Å². The number of halogens is 1. The number of aromatic nitrogens is 4. The first kappa shape index (κ1) is 19.6. The number of nitrogens with one attached hydrogen (secondary N) is 1. The Hall–Kier alpha value is -3.33. The van der Waals surface area contributed by atoms with E-state index in [1.165, 1.54) is 28.4 Å². The summed E-state index contributed by atoms with van der Waals surface area (Å²) in [5, 5.41) is 6.45. The molecule has 3 heterocycles. The fourth-order valence-corrected chi connectivity index (χ4v) is 4.77. The summed E-state index contributed by atoms with van der Waals surface area (Å²) in [5.74, 6) is -0.115. The summed E-state index contributed by atoms with van der Waals surface area (Å²) in [6, 6.07) is 7.91. The molecule has 5 rings (SSSR count). The number of H-pyrrole nitrogens is 1. The summed E-state index contributed by atoms with van der Waals surface area (Å²) >= 11 is 1.34. The number of hydrogen-bond donors (Lipinski definition) is 1. The van der Waals surface area contributed by atoms with Crippen molar-refractivity contribution in [3.8, 4) is 5.69 Å². The van der Waals surface area contributed by atoms with Gasteiger partial charge >= 0.3 is 0 Å². The van der Waals surface area contributed by atoms with E-state index in [9.17, 15) is 14.0 Å². The van der Waals surface area contributed by atoms with E-state index < -0.39 is 0 Å². The number of aromatic amines is 1. The van der Waals surface area contributed by atoms with Crippen molar-refractivity contribution in [2.75, 3.05) is 7.05 Å². The zero-order chi connectivity index (χ0) is 21.5. The number of fused-ring (bicyclic) bond motifs is 2. The third-order valence-corrected chi connectivity index (χ3v) is 6.45. The van der Waals surface area contributed by atoms with Crippen LogP contribution in [0.25, 0.3) is 15.9 Å². The molecule has 1 aliphatic carbocycles. The van der Waals surface area contributed by atoms with Gasteiger partial charge < -0.3 is 9.88 Å². The molecule has 0 aliphatic heterocycles. The molecule has 0 saturated heterocycles. The van der Waals surface area contributed by atoms with Crippen LogP contribution in [-0.2, 0) is 19.4 Å². The molecule has 9 heteroatoms. The van der Waals surface area contributed by atoms with Gasteiger partial charge in [0, 0.05) is 18.3 Å². The number of rotatable bonds is 4. The van der Waals surface area contributed by atoms with Crippen LogP contribution < -0.4 is 5.56 Å². The molecule has 0 unspecified atom stereocenters. The normalized spacial score (nSPS) is 13.4. The van der Waals surface area contributed by atoms with Crippen molar-refractivity contribution in [2.45, 2.75) is 32.2 Å². The van der Waals surface area contributed by atoms with Crippen LogP contribution in [0, 0.1) is 5.82 Å². The van der Waals surface area contributed by atoms with Gasteiger partial charge in [0.2, 0.25) is 0 Å². The average Bonchev–Trinajstić information content (AvgIpc) is 3.39. The molecular formula is C22H20FN5O2S. The first-order valence-electron chi connectivity index (χ1n) is 10.1. The first-order valence-corrected chi connectivity index (χ1v) is 11.0. The molecule has 4 aromatic rings. The van der Waals surface area contributed by atoms with Crippen molar-refractivity contribution >= 4 is 27.5 Å². The lowest BCUT2D eigenvalue weighted by molar-refractivity contribution is 0.0774. The molecular weight excluding hydrogens is 417 g/mol. The lowest BCUT2D eigenvalue weighted by Gasteiger charge is -2.17. The van der Waals surface area contributed by atoms with Gasteiger partial charge in [0.1, 0.15) is 16.3 Å². The van der Waals surface area contributed by atoms with Gasteiger partial charge in [-0.15, -0.1) is 11.3 Å². The molecule has 0 saturated carbocycles. The van der Waals surface area contributed by atoms with Gasteiger partial charge in [0.15, 0.2) is 5.69 Å². The van der Waals surface area contributed by atoms with Crippen molar-refractivity contribution in [2.24, 2.45) is 0 Å². The van der Waals surface area contributed by atoms with Crippen molar-refractivity contribution in [1.82, 2.24) is 24.6 Å². The van der Waals surface area contributed by atoms with Gasteiger partial charge in [-0.3, -0.25) is 9.59 Å². The molecule has 3 aromatic heterocycles. The number of thiophene rings is 1. The molecule has 7 nitrogen and oxygen atoms in total. The number of amides is 1. The molecule has 1 N–H and O–H groups in total. The topological polar surface area (TPSA) is 83.9 Å². The lowest BCUT2D eigenvalue weighted by Crippen LogP contribution is -2.29. The highest BCUT2D eigenvalue weighted by Crippen LogP contribution is 2.28. The summed E-state index contributed by atoms with van der Waals surface area (Å²) in [5.41, 5.74) is 3.51. The van der Waals surface area contributed by atoms with E-state index in [1.54, 1.807) is 29.9 Å². The Labute approximate surface area is 181 Å². The van der Waals surface area contributed by atoms with Gasteiger partial charge in [-0.25, -0.2) is 14.1 Å². The fourth-order valence-electron chi connectivity index (χ4n) is 4.04. The van der Waals surface area contributed by atoms with E-state index in [0.29, 0.717) is 21.7 Å². The fraction of sp³-hybridized carbons (Fsp3) is 0.273. The van der Waals surface area contributed by atoms with Crippen LogP contribution in [0.2, 0.25) is 0 Å². The molecule has 0 fully saturated rings. The number of carbonyl (C=O) groups excluding carboxylic acids is 1. The number of carbonyl (C=O) groups is 1. The Bertz CT molecular complexity index is 1340. The second-order valence-electron chi connectivity index (χ2n) is 7.68. The van der Waals surface area contributed by atoms with Gasteiger partial charge in [0.25, 0.3) is 11.5 Å². The SMILES string of the molecule is CN(Cc1nc2ccsc2c(=O)[nH]1)C(=O)c1nn(-c2ccc(F)cc2)c2c1CCCC2.